The van der Waals surface area contributed by atoms with Crippen LogP contribution < -0.4 is 9.64 Å². The fraction of sp³-hybridized carbons (Fsp3) is 0.500. The first-order valence-electron chi connectivity index (χ1n) is 5.55. The minimum Gasteiger partial charge on any atom is -0.489 e. The molecule has 0 bridgehead atoms. The van der Waals surface area contributed by atoms with E-state index in [4.69, 9.17) is 9.47 Å². The first kappa shape index (κ1) is 11.7. The SMILES string of the molecule is CC(C)(C)OC(=O)N1CCOc2ccncc21. The van der Waals surface area contributed by atoms with Gasteiger partial charge in [-0.3, -0.25) is 9.88 Å². The number of carbonyl (C=O) groups is 1. The van der Waals surface area contributed by atoms with Gasteiger partial charge in [0.1, 0.15) is 23.6 Å². The van der Waals surface area contributed by atoms with Crippen molar-refractivity contribution in [3.05, 3.63) is 18.5 Å². The van der Waals surface area contributed by atoms with Gasteiger partial charge in [0, 0.05) is 12.3 Å². The van der Waals surface area contributed by atoms with Crippen molar-refractivity contribution in [2.75, 3.05) is 18.1 Å². The van der Waals surface area contributed by atoms with Crippen LogP contribution in [0.4, 0.5) is 10.5 Å². The van der Waals surface area contributed by atoms with Crippen molar-refractivity contribution in [1.29, 1.82) is 0 Å². The predicted octanol–water partition coefficient (Wildman–Crippen LogP) is 2.22. The van der Waals surface area contributed by atoms with Gasteiger partial charge >= 0.3 is 6.09 Å². The van der Waals surface area contributed by atoms with Crippen LogP contribution in [-0.4, -0.2) is 29.8 Å². The molecule has 0 aromatic carbocycles. The number of anilines is 1. The second-order valence-corrected chi connectivity index (χ2v) is 4.82. The van der Waals surface area contributed by atoms with Crippen molar-refractivity contribution in [2.24, 2.45) is 0 Å². The third-order valence-electron chi connectivity index (χ3n) is 2.24. The van der Waals surface area contributed by atoms with Crippen LogP contribution in [0.15, 0.2) is 18.5 Å². The number of hydrogen-bond acceptors (Lipinski definition) is 4. The number of pyridine rings is 1. The summed E-state index contributed by atoms with van der Waals surface area (Å²) in [5.74, 6) is 0.664. The number of carbonyl (C=O) groups excluding carboxylic acids is 1. The second-order valence-electron chi connectivity index (χ2n) is 4.82. The van der Waals surface area contributed by atoms with Crippen LogP contribution in [0, 0.1) is 0 Å². The Labute approximate surface area is 100 Å². The summed E-state index contributed by atoms with van der Waals surface area (Å²) in [6, 6.07) is 1.74. The molecule has 2 rings (SSSR count). The molecule has 0 saturated carbocycles. The van der Waals surface area contributed by atoms with Crippen LogP contribution in [0.2, 0.25) is 0 Å². The van der Waals surface area contributed by atoms with Gasteiger partial charge in [-0.05, 0) is 20.8 Å². The van der Waals surface area contributed by atoms with Crippen LogP contribution in [0.1, 0.15) is 20.8 Å². The summed E-state index contributed by atoms with van der Waals surface area (Å²) in [4.78, 5) is 17.5. The van der Waals surface area contributed by atoms with E-state index in [1.165, 1.54) is 0 Å². The minimum atomic E-state index is -0.502. The zero-order valence-corrected chi connectivity index (χ0v) is 10.3. The molecule has 1 amide bonds. The standard InChI is InChI=1S/C12H16N2O3/c1-12(2,3)17-11(15)14-6-7-16-10-4-5-13-8-9(10)14/h4-5,8H,6-7H2,1-3H3. The van der Waals surface area contributed by atoms with E-state index in [2.05, 4.69) is 4.98 Å². The van der Waals surface area contributed by atoms with E-state index < -0.39 is 5.60 Å². The van der Waals surface area contributed by atoms with Gasteiger partial charge in [-0.1, -0.05) is 0 Å². The summed E-state index contributed by atoms with van der Waals surface area (Å²) in [6.07, 6.45) is 2.88. The molecule has 1 aromatic heterocycles. The lowest BCUT2D eigenvalue weighted by molar-refractivity contribution is 0.0567. The van der Waals surface area contributed by atoms with Crippen molar-refractivity contribution in [2.45, 2.75) is 26.4 Å². The molecule has 5 heteroatoms. The third kappa shape index (κ3) is 2.67. The van der Waals surface area contributed by atoms with Gasteiger partial charge < -0.3 is 9.47 Å². The molecule has 0 atom stereocenters. The van der Waals surface area contributed by atoms with Crippen molar-refractivity contribution >= 4 is 11.8 Å². The van der Waals surface area contributed by atoms with E-state index in [-0.39, 0.29) is 6.09 Å². The number of rotatable bonds is 0. The summed E-state index contributed by atoms with van der Waals surface area (Å²) in [6.45, 7) is 6.48. The van der Waals surface area contributed by atoms with Crippen LogP contribution in [-0.2, 0) is 4.74 Å². The summed E-state index contributed by atoms with van der Waals surface area (Å²) in [7, 11) is 0. The first-order chi connectivity index (χ1) is 7.97. The Balaban J connectivity index is 2.21. The predicted molar refractivity (Wildman–Crippen MR) is 63.3 cm³/mol. The highest BCUT2D eigenvalue weighted by molar-refractivity contribution is 5.90. The lowest BCUT2D eigenvalue weighted by Gasteiger charge is -2.31. The smallest absolute Gasteiger partial charge is 0.415 e. The summed E-state index contributed by atoms with van der Waals surface area (Å²) >= 11 is 0. The first-order valence-corrected chi connectivity index (χ1v) is 5.55. The van der Waals surface area contributed by atoms with Gasteiger partial charge in [0.05, 0.1) is 12.7 Å². The molecule has 0 saturated heterocycles. The molecule has 0 N–H and O–H groups in total. The Morgan fingerprint density at radius 3 is 3.00 bits per heavy atom. The second kappa shape index (κ2) is 4.24. The number of amides is 1. The van der Waals surface area contributed by atoms with Crippen LogP contribution in [0.3, 0.4) is 0 Å². The number of ether oxygens (including phenoxy) is 2. The highest BCUT2D eigenvalue weighted by atomic mass is 16.6. The fourth-order valence-electron chi connectivity index (χ4n) is 1.57. The Hall–Kier alpha value is -1.78. The molecule has 1 aliphatic rings. The normalized spacial score (nSPS) is 14.9. The van der Waals surface area contributed by atoms with E-state index in [0.29, 0.717) is 24.6 Å². The molecule has 0 radical (unpaired) electrons. The summed E-state index contributed by atoms with van der Waals surface area (Å²) < 4.78 is 10.8. The maximum Gasteiger partial charge on any atom is 0.415 e. The minimum absolute atomic E-state index is 0.366. The molecule has 5 nitrogen and oxygen atoms in total. The third-order valence-corrected chi connectivity index (χ3v) is 2.24. The number of hydrogen-bond donors (Lipinski definition) is 0. The van der Waals surface area contributed by atoms with Crippen molar-refractivity contribution in [3.8, 4) is 5.75 Å². The maximum absolute atomic E-state index is 12.0. The molecular weight excluding hydrogens is 220 g/mol. The maximum atomic E-state index is 12.0. The molecule has 0 spiro atoms. The van der Waals surface area contributed by atoms with Crippen LogP contribution >= 0.6 is 0 Å². The number of nitrogens with zero attached hydrogens (tertiary/aromatic N) is 2. The molecular formula is C12H16N2O3. The highest BCUT2D eigenvalue weighted by Gasteiger charge is 2.28. The Bertz CT molecular complexity index is 426. The molecule has 0 fully saturated rings. The van der Waals surface area contributed by atoms with Gasteiger partial charge in [-0.2, -0.15) is 0 Å². The zero-order valence-electron chi connectivity index (χ0n) is 10.3. The average molecular weight is 236 g/mol. The molecule has 2 heterocycles. The molecule has 92 valence electrons. The zero-order chi connectivity index (χ0) is 12.5. The van der Waals surface area contributed by atoms with Crippen molar-refractivity contribution in [1.82, 2.24) is 4.98 Å². The lowest BCUT2D eigenvalue weighted by Crippen LogP contribution is -2.41. The van der Waals surface area contributed by atoms with E-state index in [1.807, 2.05) is 20.8 Å². The quantitative estimate of drug-likeness (QED) is 0.693. The molecule has 1 aromatic rings. The van der Waals surface area contributed by atoms with E-state index >= 15 is 0 Å². The van der Waals surface area contributed by atoms with Gasteiger partial charge in [-0.15, -0.1) is 0 Å². The van der Waals surface area contributed by atoms with Crippen LogP contribution in [0.5, 0.6) is 5.75 Å². The van der Waals surface area contributed by atoms with Crippen molar-refractivity contribution in [3.63, 3.8) is 0 Å². The average Bonchev–Trinajstić information content (AvgIpc) is 2.26. The van der Waals surface area contributed by atoms with Crippen LogP contribution in [0.25, 0.3) is 0 Å². The van der Waals surface area contributed by atoms with E-state index in [9.17, 15) is 4.79 Å². The Morgan fingerprint density at radius 2 is 2.29 bits per heavy atom. The van der Waals surface area contributed by atoms with Gasteiger partial charge in [-0.25, -0.2) is 4.79 Å². The van der Waals surface area contributed by atoms with Gasteiger partial charge in [0.2, 0.25) is 0 Å². The monoisotopic (exact) mass is 236 g/mol. The van der Waals surface area contributed by atoms with Gasteiger partial charge in [0.25, 0.3) is 0 Å². The largest absolute Gasteiger partial charge is 0.489 e. The number of aromatic nitrogens is 1. The molecule has 0 aliphatic carbocycles. The summed E-state index contributed by atoms with van der Waals surface area (Å²) in [5.41, 5.74) is 0.158. The number of fused-ring (bicyclic) bond motifs is 1. The Morgan fingerprint density at radius 1 is 1.53 bits per heavy atom. The van der Waals surface area contributed by atoms with Gasteiger partial charge in [0.15, 0.2) is 0 Å². The topological polar surface area (TPSA) is 51.7 Å². The molecule has 0 unspecified atom stereocenters. The molecule has 17 heavy (non-hydrogen) atoms. The summed E-state index contributed by atoms with van der Waals surface area (Å²) in [5, 5.41) is 0. The lowest BCUT2D eigenvalue weighted by atomic mass is 10.2. The van der Waals surface area contributed by atoms with Crippen molar-refractivity contribution < 1.29 is 14.3 Å². The Kier molecular flexibility index (Phi) is 2.92. The fourth-order valence-corrected chi connectivity index (χ4v) is 1.57. The van der Waals surface area contributed by atoms with E-state index in [1.54, 1.807) is 23.4 Å². The van der Waals surface area contributed by atoms with E-state index in [0.717, 1.165) is 0 Å². The highest BCUT2D eigenvalue weighted by Crippen LogP contribution is 2.30. The molecule has 1 aliphatic heterocycles.